The first-order valence-electron chi connectivity index (χ1n) is 6.50. The summed E-state index contributed by atoms with van der Waals surface area (Å²) in [6, 6.07) is 8.39. The van der Waals surface area contributed by atoms with Crippen LogP contribution in [0.2, 0.25) is 0 Å². The smallest absolute Gasteiger partial charge is 0.191 e. The molecule has 1 aliphatic rings. The molecule has 106 valence electrons. The zero-order valence-electron chi connectivity index (χ0n) is 11.3. The summed E-state index contributed by atoms with van der Waals surface area (Å²) in [6.07, 6.45) is 1.03. The number of rotatable bonds is 3. The standard InChI is InChI=1S/C14H21N3O.HI/c1-2-12-5-3-4-6-13(12)11-16-14(15)17-7-9-18-10-8-17;/h3-6H,2,7-11H2,1H3,(H2,15,16);1H. The van der Waals surface area contributed by atoms with Crippen LogP contribution in [0.4, 0.5) is 0 Å². The highest BCUT2D eigenvalue weighted by Gasteiger charge is 2.11. The van der Waals surface area contributed by atoms with Crippen molar-refractivity contribution < 1.29 is 4.74 Å². The Morgan fingerprint density at radius 3 is 2.53 bits per heavy atom. The van der Waals surface area contributed by atoms with Crippen LogP contribution in [0.25, 0.3) is 0 Å². The predicted octanol–water partition coefficient (Wildman–Crippen LogP) is 2.01. The first-order valence-corrected chi connectivity index (χ1v) is 6.50. The minimum absolute atomic E-state index is 0. The summed E-state index contributed by atoms with van der Waals surface area (Å²) < 4.78 is 5.30. The summed E-state index contributed by atoms with van der Waals surface area (Å²) in [5.74, 6) is 0.629. The van der Waals surface area contributed by atoms with Crippen LogP contribution < -0.4 is 5.73 Å². The van der Waals surface area contributed by atoms with Gasteiger partial charge in [0.15, 0.2) is 5.96 Å². The Morgan fingerprint density at radius 2 is 1.89 bits per heavy atom. The van der Waals surface area contributed by atoms with E-state index in [-0.39, 0.29) is 24.0 Å². The minimum Gasteiger partial charge on any atom is -0.378 e. The van der Waals surface area contributed by atoms with E-state index in [9.17, 15) is 0 Å². The van der Waals surface area contributed by atoms with E-state index >= 15 is 0 Å². The molecular weight excluding hydrogens is 353 g/mol. The highest BCUT2D eigenvalue weighted by molar-refractivity contribution is 14.0. The number of morpholine rings is 1. The summed E-state index contributed by atoms with van der Waals surface area (Å²) in [5.41, 5.74) is 8.61. The summed E-state index contributed by atoms with van der Waals surface area (Å²) in [7, 11) is 0. The number of benzene rings is 1. The number of hydrogen-bond donors (Lipinski definition) is 1. The molecule has 0 saturated carbocycles. The first kappa shape index (κ1) is 16.2. The first-order chi connectivity index (χ1) is 8.81. The van der Waals surface area contributed by atoms with Gasteiger partial charge in [-0.2, -0.15) is 0 Å². The predicted molar refractivity (Wildman–Crippen MR) is 89.0 cm³/mol. The van der Waals surface area contributed by atoms with Gasteiger partial charge in [-0.1, -0.05) is 31.2 Å². The molecule has 0 bridgehead atoms. The molecule has 1 heterocycles. The third-order valence-electron chi connectivity index (χ3n) is 3.25. The van der Waals surface area contributed by atoms with Crippen LogP contribution in [-0.2, 0) is 17.7 Å². The second-order valence-electron chi connectivity index (χ2n) is 4.40. The van der Waals surface area contributed by atoms with Crippen molar-refractivity contribution in [1.29, 1.82) is 0 Å². The number of guanidine groups is 1. The van der Waals surface area contributed by atoms with Gasteiger partial charge in [0.1, 0.15) is 0 Å². The van der Waals surface area contributed by atoms with Gasteiger partial charge in [-0.15, -0.1) is 24.0 Å². The Bertz CT molecular complexity index is 417. The molecule has 1 saturated heterocycles. The van der Waals surface area contributed by atoms with E-state index in [0.29, 0.717) is 12.5 Å². The monoisotopic (exact) mass is 375 g/mol. The maximum absolute atomic E-state index is 6.01. The maximum Gasteiger partial charge on any atom is 0.191 e. The lowest BCUT2D eigenvalue weighted by molar-refractivity contribution is 0.0674. The lowest BCUT2D eigenvalue weighted by Gasteiger charge is -2.27. The Labute approximate surface area is 132 Å². The molecule has 0 aromatic heterocycles. The largest absolute Gasteiger partial charge is 0.378 e. The molecule has 5 heteroatoms. The molecule has 0 spiro atoms. The van der Waals surface area contributed by atoms with Crippen molar-refractivity contribution in [2.24, 2.45) is 10.7 Å². The maximum atomic E-state index is 6.01. The second-order valence-corrected chi connectivity index (χ2v) is 4.40. The van der Waals surface area contributed by atoms with E-state index in [4.69, 9.17) is 10.5 Å². The number of aryl methyl sites for hydroxylation is 1. The van der Waals surface area contributed by atoms with E-state index in [0.717, 1.165) is 32.7 Å². The van der Waals surface area contributed by atoms with Gasteiger partial charge in [0.25, 0.3) is 0 Å². The van der Waals surface area contributed by atoms with Gasteiger partial charge < -0.3 is 15.4 Å². The SMILES string of the molecule is CCc1ccccc1CN=C(N)N1CCOCC1.I. The molecule has 2 rings (SSSR count). The number of halogens is 1. The summed E-state index contributed by atoms with van der Waals surface area (Å²) in [4.78, 5) is 6.57. The van der Waals surface area contributed by atoms with Crippen LogP contribution in [0.15, 0.2) is 29.3 Å². The average Bonchev–Trinajstić information content (AvgIpc) is 2.46. The van der Waals surface area contributed by atoms with Crippen molar-refractivity contribution >= 4 is 29.9 Å². The van der Waals surface area contributed by atoms with Crippen LogP contribution in [0.1, 0.15) is 18.1 Å². The van der Waals surface area contributed by atoms with E-state index in [1.54, 1.807) is 0 Å². The van der Waals surface area contributed by atoms with Crippen LogP contribution >= 0.6 is 24.0 Å². The van der Waals surface area contributed by atoms with Crippen LogP contribution in [-0.4, -0.2) is 37.2 Å². The summed E-state index contributed by atoms with van der Waals surface area (Å²) in [5, 5.41) is 0. The molecule has 0 aliphatic carbocycles. The van der Waals surface area contributed by atoms with Gasteiger partial charge in [0, 0.05) is 13.1 Å². The van der Waals surface area contributed by atoms with Crippen LogP contribution in [0, 0.1) is 0 Å². The van der Waals surface area contributed by atoms with Gasteiger partial charge >= 0.3 is 0 Å². The number of ether oxygens (including phenoxy) is 1. The average molecular weight is 375 g/mol. The lowest BCUT2D eigenvalue weighted by Crippen LogP contribution is -2.44. The Kier molecular flexibility index (Phi) is 7.15. The van der Waals surface area contributed by atoms with Crippen molar-refractivity contribution in [3.8, 4) is 0 Å². The molecule has 1 aromatic carbocycles. The third-order valence-corrected chi connectivity index (χ3v) is 3.25. The molecule has 2 N–H and O–H groups in total. The molecule has 19 heavy (non-hydrogen) atoms. The zero-order valence-corrected chi connectivity index (χ0v) is 13.7. The Balaban J connectivity index is 0.00000180. The highest BCUT2D eigenvalue weighted by Crippen LogP contribution is 2.10. The van der Waals surface area contributed by atoms with E-state index < -0.39 is 0 Å². The van der Waals surface area contributed by atoms with Crippen LogP contribution in [0.5, 0.6) is 0 Å². The molecule has 1 aromatic rings. The molecule has 0 unspecified atom stereocenters. The molecule has 0 radical (unpaired) electrons. The van der Waals surface area contributed by atoms with Gasteiger partial charge in [0.05, 0.1) is 19.8 Å². The zero-order chi connectivity index (χ0) is 12.8. The van der Waals surface area contributed by atoms with Crippen molar-refractivity contribution in [3.63, 3.8) is 0 Å². The van der Waals surface area contributed by atoms with Gasteiger partial charge in [-0.05, 0) is 17.5 Å². The van der Waals surface area contributed by atoms with E-state index in [2.05, 4.69) is 41.1 Å². The quantitative estimate of drug-likeness (QED) is 0.500. The van der Waals surface area contributed by atoms with Crippen molar-refractivity contribution in [2.75, 3.05) is 26.3 Å². The molecule has 4 nitrogen and oxygen atoms in total. The van der Waals surface area contributed by atoms with Gasteiger partial charge in [-0.25, -0.2) is 4.99 Å². The number of aliphatic imine (C=N–C) groups is 1. The fourth-order valence-electron chi connectivity index (χ4n) is 2.12. The topological polar surface area (TPSA) is 50.8 Å². The molecule has 1 fully saturated rings. The molecular formula is C14H22IN3O. The van der Waals surface area contributed by atoms with Crippen LogP contribution in [0.3, 0.4) is 0 Å². The van der Waals surface area contributed by atoms with Crippen molar-refractivity contribution in [3.05, 3.63) is 35.4 Å². The fraction of sp³-hybridized carbons (Fsp3) is 0.500. The normalized spacial score (nSPS) is 16.1. The second kappa shape index (κ2) is 8.37. The fourth-order valence-corrected chi connectivity index (χ4v) is 2.12. The lowest BCUT2D eigenvalue weighted by atomic mass is 10.1. The summed E-state index contributed by atoms with van der Waals surface area (Å²) >= 11 is 0. The minimum atomic E-state index is 0. The molecule has 1 aliphatic heterocycles. The Morgan fingerprint density at radius 1 is 1.26 bits per heavy atom. The summed E-state index contributed by atoms with van der Waals surface area (Å²) in [6.45, 7) is 5.97. The van der Waals surface area contributed by atoms with Crippen molar-refractivity contribution in [2.45, 2.75) is 19.9 Å². The Hall–Kier alpha value is -0.820. The number of hydrogen-bond acceptors (Lipinski definition) is 2. The van der Waals surface area contributed by atoms with Crippen molar-refractivity contribution in [1.82, 2.24) is 4.90 Å². The molecule has 0 amide bonds. The number of nitrogens with two attached hydrogens (primary N) is 1. The van der Waals surface area contributed by atoms with Gasteiger partial charge in [-0.3, -0.25) is 0 Å². The van der Waals surface area contributed by atoms with Gasteiger partial charge in [0.2, 0.25) is 0 Å². The van der Waals surface area contributed by atoms with E-state index in [1.165, 1.54) is 11.1 Å². The number of nitrogens with zero attached hydrogens (tertiary/aromatic N) is 2. The van der Waals surface area contributed by atoms with E-state index in [1.807, 2.05) is 0 Å². The third kappa shape index (κ3) is 4.65. The highest BCUT2D eigenvalue weighted by atomic mass is 127. The molecule has 0 atom stereocenters.